The fraction of sp³-hybridized carbons (Fsp3) is 0.417. The number of fused-ring (bicyclic) bond motifs is 3. The summed E-state index contributed by atoms with van der Waals surface area (Å²) < 4.78 is 0. The predicted molar refractivity (Wildman–Crippen MR) is 106 cm³/mol. The van der Waals surface area contributed by atoms with Crippen molar-refractivity contribution in [1.29, 1.82) is 0 Å². The summed E-state index contributed by atoms with van der Waals surface area (Å²) in [4.78, 5) is 2.75. The molecule has 1 nitrogen and oxygen atoms in total. The molecule has 25 heavy (non-hydrogen) atoms. The van der Waals surface area contributed by atoms with Crippen molar-refractivity contribution in [1.82, 2.24) is 4.90 Å². The van der Waals surface area contributed by atoms with Gasteiger partial charge in [0.2, 0.25) is 0 Å². The van der Waals surface area contributed by atoms with E-state index in [0.29, 0.717) is 6.04 Å². The van der Waals surface area contributed by atoms with Crippen LogP contribution in [0.15, 0.2) is 73.3 Å². The Balaban J connectivity index is 1.76. The first-order valence-corrected chi connectivity index (χ1v) is 9.78. The van der Waals surface area contributed by atoms with E-state index < -0.39 is 0 Å². The Kier molecular flexibility index (Phi) is 4.76. The van der Waals surface area contributed by atoms with Crippen LogP contribution in [0.5, 0.6) is 0 Å². The fourth-order valence-electron chi connectivity index (χ4n) is 5.18. The first kappa shape index (κ1) is 16.6. The van der Waals surface area contributed by atoms with E-state index in [2.05, 4.69) is 78.2 Å². The molecule has 130 valence electrons. The van der Waals surface area contributed by atoms with Gasteiger partial charge in [0.05, 0.1) is 0 Å². The molecule has 1 atom stereocenters. The van der Waals surface area contributed by atoms with Crippen molar-refractivity contribution < 1.29 is 0 Å². The molecule has 0 spiro atoms. The largest absolute Gasteiger partial charge is 0.300 e. The van der Waals surface area contributed by atoms with Gasteiger partial charge < -0.3 is 4.90 Å². The van der Waals surface area contributed by atoms with Gasteiger partial charge in [-0.2, -0.15) is 0 Å². The van der Waals surface area contributed by atoms with Gasteiger partial charge in [0, 0.05) is 11.5 Å². The summed E-state index contributed by atoms with van der Waals surface area (Å²) in [7, 11) is 0. The maximum atomic E-state index is 4.12. The molecule has 0 N–H and O–H groups in total. The summed E-state index contributed by atoms with van der Waals surface area (Å²) in [5, 5.41) is 0. The second-order valence-electron chi connectivity index (χ2n) is 7.88. The Hall–Kier alpha value is -1.86. The van der Waals surface area contributed by atoms with Crippen LogP contribution in [0.2, 0.25) is 0 Å². The number of hydrogen-bond donors (Lipinski definition) is 0. The average molecular weight is 332 g/mol. The Morgan fingerprint density at radius 3 is 1.92 bits per heavy atom. The van der Waals surface area contributed by atoms with Gasteiger partial charge in [-0.1, -0.05) is 66.7 Å². The molecule has 5 rings (SSSR count). The van der Waals surface area contributed by atoms with Crippen LogP contribution in [0, 0.1) is 5.92 Å². The number of allylic oxidation sites excluding steroid dienone is 1. The SMILES string of the molecule is C=CCC(C[C@H]1CC2CCN1CC2)(c1ccccc1)c1ccccc1. The minimum absolute atomic E-state index is 0.0341. The third-order valence-corrected chi connectivity index (χ3v) is 6.50. The van der Waals surface area contributed by atoms with Gasteiger partial charge in [-0.05, 0) is 62.2 Å². The number of hydrogen-bond acceptors (Lipinski definition) is 1. The van der Waals surface area contributed by atoms with E-state index in [0.717, 1.165) is 12.3 Å². The van der Waals surface area contributed by atoms with Crippen LogP contribution in [0.3, 0.4) is 0 Å². The molecule has 2 aromatic carbocycles. The molecular formula is C24H29N. The molecule has 3 aliphatic rings. The van der Waals surface area contributed by atoms with Crippen LogP contribution in [-0.4, -0.2) is 24.0 Å². The van der Waals surface area contributed by atoms with Crippen LogP contribution in [0.1, 0.15) is 43.2 Å². The molecule has 3 heterocycles. The lowest BCUT2D eigenvalue weighted by atomic mass is 9.66. The maximum absolute atomic E-state index is 4.12. The van der Waals surface area contributed by atoms with E-state index in [4.69, 9.17) is 0 Å². The van der Waals surface area contributed by atoms with Gasteiger partial charge in [0.25, 0.3) is 0 Å². The van der Waals surface area contributed by atoms with Gasteiger partial charge in [0.1, 0.15) is 0 Å². The van der Waals surface area contributed by atoms with Crippen LogP contribution >= 0.6 is 0 Å². The van der Waals surface area contributed by atoms with Gasteiger partial charge in [-0.3, -0.25) is 0 Å². The monoisotopic (exact) mass is 331 g/mol. The molecule has 0 unspecified atom stereocenters. The lowest BCUT2D eigenvalue weighted by Crippen LogP contribution is -2.51. The molecule has 0 saturated carbocycles. The molecule has 0 radical (unpaired) electrons. The topological polar surface area (TPSA) is 3.24 Å². The zero-order valence-corrected chi connectivity index (χ0v) is 15.1. The Labute approximate surface area is 152 Å². The molecule has 0 amide bonds. The molecule has 2 bridgehead atoms. The highest BCUT2D eigenvalue weighted by molar-refractivity contribution is 5.40. The number of piperidine rings is 3. The second kappa shape index (κ2) is 7.17. The van der Waals surface area contributed by atoms with Crippen LogP contribution < -0.4 is 0 Å². The van der Waals surface area contributed by atoms with Crippen molar-refractivity contribution in [2.24, 2.45) is 5.92 Å². The second-order valence-corrected chi connectivity index (χ2v) is 7.88. The standard InChI is InChI=1S/C24H29N/c1-2-15-24(21-9-5-3-6-10-21,22-11-7-4-8-12-22)19-23-18-20-13-16-25(23)17-14-20/h2-12,20,23H,1,13-19H2/t23-/m1/s1. The highest BCUT2D eigenvalue weighted by Gasteiger charge is 2.41. The van der Waals surface area contributed by atoms with E-state index in [9.17, 15) is 0 Å². The van der Waals surface area contributed by atoms with Gasteiger partial charge in [-0.15, -0.1) is 6.58 Å². The summed E-state index contributed by atoms with van der Waals surface area (Å²) in [6.07, 6.45) is 8.50. The predicted octanol–water partition coefficient (Wildman–Crippen LogP) is 5.42. The Bertz CT molecular complexity index is 643. The van der Waals surface area contributed by atoms with E-state index in [1.54, 1.807) is 0 Å². The molecule has 1 heteroatoms. The van der Waals surface area contributed by atoms with Crippen molar-refractivity contribution >= 4 is 0 Å². The highest BCUT2D eigenvalue weighted by Crippen LogP contribution is 2.44. The lowest BCUT2D eigenvalue weighted by Gasteiger charge is -2.49. The minimum atomic E-state index is 0.0341. The highest BCUT2D eigenvalue weighted by atomic mass is 15.2. The van der Waals surface area contributed by atoms with Crippen LogP contribution in [-0.2, 0) is 5.41 Å². The van der Waals surface area contributed by atoms with Gasteiger partial charge >= 0.3 is 0 Å². The summed E-state index contributed by atoms with van der Waals surface area (Å²) in [6, 6.07) is 22.9. The molecule has 3 fully saturated rings. The zero-order chi connectivity index (χ0) is 17.1. The van der Waals surface area contributed by atoms with E-state index in [1.165, 1.54) is 49.9 Å². The molecule has 0 aliphatic carbocycles. The van der Waals surface area contributed by atoms with Crippen molar-refractivity contribution in [2.45, 2.75) is 43.6 Å². The van der Waals surface area contributed by atoms with Gasteiger partial charge in [-0.25, -0.2) is 0 Å². The molecule has 0 aromatic heterocycles. The van der Waals surface area contributed by atoms with Crippen molar-refractivity contribution in [2.75, 3.05) is 13.1 Å². The first-order valence-electron chi connectivity index (χ1n) is 9.78. The molecular weight excluding hydrogens is 302 g/mol. The van der Waals surface area contributed by atoms with Gasteiger partial charge in [0.15, 0.2) is 0 Å². The Morgan fingerprint density at radius 2 is 1.48 bits per heavy atom. The number of nitrogens with zero attached hydrogens (tertiary/aromatic N) is 1. The maximum Gasteiger partial charge on any atom is 0.0252 e. The third-order valence-electron chi connectivity index (χ3n) is 6.50. The average Bonchev–Trinajstić information content (AvgIpc) is 2.70. The fourth-order valence-corrected chi connectivity index (χ4v) is 5.18. The van der Waals surface area contributed by atoms with E-state index in [1.807, 2.05) is 0 Å². The third kappa shape index (κ3) is 3.18. The molecule has 3 aliphatic heterocycles. The van der Waals surface area contributed by atoms with Crippen molar-refractivity contribution in [3.05, 3.63) is 84.4 Å². The minimum Gasteiger partial charge on any atom is -0.300 e. The van der Waals surface area contributed by atoms with Crippen LogP contribution in [0.25, 0.3) is 0 Å². The first-order chi connectivity index (χ1) is 12.3. The Morgan fingerprint density at radius 1 is 0.920 bits per heavy atom. The van der Waals surface area contributed by atoms with E-state index >= 15 is 0 Å². The lowest BCUT2D eigenvalue weighted by molar-refractivity contribution is 0.0355. The normalized spacial score (nSPS) is 25.7. The van der Waals surface area contributed by atoms with Crippen molar-refractivity contribution in [3.63, 3.8) is 0 Å². The number of benzene rings is 2. The van der Waals surface area contributed by atoms with Crippen molar-refractivity contribution in [3.8, 4) is 0 Å². The summed E-state index contributed by atoms with van der Waals surface area (Å²) in [6.45, 7) is 6.71. The quantitative estimate of drug-likeness (QED) is 0.639. The zero-order valence-electron chi connectivity index (χ0n) is 15.1. The van der Waals surface area contributed by atoms with E-state index in [-0.39, 0.29) is 5.41 Å². The van der Waals surface area contributed by atoms with Crippen LogP contribution in [0.4, 0.5) is 0 Å². The molecule has 2 aromatic rings. The molecule has 3 saturated heterocycles. The summed E-state index contributed by atoms with van der Waals surface area (Å²) >= 11 is 0. The number of rotatable bonds is 6. The smallest absolute Gasteiger partial charge is 0.0252 e. The summed E-state index contributed by atoms with van der Waals surface area (Å²) in [5.74, 6) is 0.947. The summed E-state index contributed by atoms with van der Waals surface area (Å²) in [5.41, 5.74) is 2.90.